The van der Waals surface area contributed by atoms with Gasteiger partial charge in [0, 0.05) is 24.1 Å². The number of carbonyl (C=O) groups is 1. The van der Waals surface area contributed by atoms with Gasteiger partial charge in [0.1, 0.15) is 5.69 Å². The second-order valence-electron chi connectivity index (χ2n) is 6.68. The van der Waals surface area contributed by atoms with Crippen LogP contribution in [0.1, 0.15) is 47.8 Å². The molecule has 7 heteroatoms. The van der Waals surface area contributed by atoms with E-state index in [4.69, 9.17) is 5.10 Å². The fourth-order valence-corrected chi connectivity index (χ4v) is 3.87. The minimum absolute atomic E-state index is 0.0194. The summed E-state index contributed by atoms with van der Waals surface area (Å²) >= 11 is 0. The van der Waals surface area contributed by atoms with Crippen molar-refractivity contribution in [3.63, 3.8) is 0 Å². The molecule has 1 aromatic heterocycles. The van der Waals surface area contributed by atoms with Gasteiger partial charge in [-0.2, -0.15) is 5.10 Å². The molecule has 1 N–H and O–H groups in total. The zero-order chi connectivity index (χ0) is 17.4. The normalized spacial score (nSPS) is 18.2. The molecule has 1 aliphatic heterocycles. The first-order chi connectivity index (χ1) is 12.1. The maximum absolute atomic E-state index is 12.6. The molecule has 0 amide bonds. The van der Waals surface area contributed by atoms with Crippen molar-refractivity contribution in [1.82, 2.24) is 15.1 Å². The number of fused-ring (bicyclic) bond motifs is 1. The molecule has 2 aromatic rings. The van der Waals surface area contributed by atoms with Crippen molar-refractivity contribution in [3.8, 4) is 11.3 Å². The van der Waals surface area contributed by atoms with Crippen molar-refractivity contribution >= 4 is 11.5 Å². The number of non-ortho nitro benzene ring substituents is 1. The molecule has 0 saturated carbocycles. The highest BCUT2D eigenvalue weighted by atomic mass is 16.6. The van der Waals surface area contributed by atoms with Gasteiger partial charge in [-0.05, 0) is 38.8 Å². The van der Waals surface area contributed by atoms with Crippen LogP contribution in [0, 0.1) is 10.1 Å². The van der Waals surface area contributed by atoms with E-state index in [1.165, 1.54) is 12.1 Å². The summed E-state index contributed by atoms with van der Waals surface area (Å²) in [7, 11) is 0. The molecular formula is C18H20N4O3. The Balaban J connectivity index is 1.85. The van der Waals surface area contributed by atoms with E-state index in [2.05, 4.69) is 5.32 Å². The molecule has 7 nitrogen and oxygen atoms in total. The van der Waals surface area contributed by atoms with Gasteiger partial charge in [0.25, 0.3) is 5.69 Å². The van der Waals surface area contributed by atoms with E-state index in [0.29, 0.717) is 23.2 Å². The van der Waals surface area contributed by atoms with Crippen molar-refractivity contribution in [2.75, 3.05) is 13.1 Å². The Hall–Kier alpha value is -2.54. The molecule has 2 heterocycles. The Bertz CT molecular complexity index is 837. The minimum atomic E-state index is -0.415. The maximum Gasteiger partial charge on any atom is 0.270 e. The third-order valence-electron chi connectivity index (χ3n) is 5.09. The minimum Gasteiger partial charge on any atom is -0.317 e. The summed E-state index contributed by atoms with van der Waals surface area (Å²) in [5.41, 5.74) is 2.94. The molecule has 2 aliphatic rings. The topological polar surface area (TPSA) is 90.1 Å². The third-order valence-corrected chi connectivity index (χ3v) is 5.09. The first-order valence-corrected chi connectivity index (χ1v) is 8.75. The summed E-state index contributed by atoms with van der Waals surface area (Å²) in [6.07, 6.45) is 4.17. The van der Waals surface area contributed by atoms with Crippen LogP contribution in [0.4, 0.5) is 5.69 Å². The summed E-state index contributed by atoms with van der Waals surface area (Å²) in [6, 6.07) is 6.70. The Morgan fingerprint density at radius 1 is 1.24 bits per heavy atom. The maximum atomic E-state index is 12.6. The smallest absolute Gasteiger partial charge is 0.270 e. The van der Waals surface area contributed by atoms with E-state index < -0.39 is 4.92 Å². The third kappa shape index (κ3) is 2.84. The van der Waals surface area contributed by atoms with Gasteiger partial charge in [0.15, 0.2) is 5.78 Å². The van der Waals surface area contributed by atoms with Gasteiger partial charge < -0.3 is 5.32 Å². The first-order valence-electron chi connectivity index (χ1n) is 8.75. The molecule has 130 valence electrons. The second kappa shape index (κ2) is 6.40. The Kier molecular flexibility index (Phi) is 4.09. The standard InChI is InChI=1S/C18H20N4O3/c23-16-6-2-5-15-17(16)18(12-3-1-4-14(11-12)22(24)25)20-21(15)13-7-9-19-10-8-13/h1,3-4,11,13,19H,2,5-10H2. The zero-order valence-corrected chi connectivity index (χ0v) is 13.9. The van der Waals surface area contributed by atoms with Crippen molar-refractivity contribution in [3.05, 3.63) is 45.6 Å². The number of Topliss-reactive ketones (excluding diaryl/α,β-unsaturated/α-hetero) is 1. The van der Waals surface area contributed by atoms with Crippen LogP contribution in [0.25, 0.3) is 11.3 Å². The number of aromatic nitrogens is 2. The van der Waals surface area contributed by atoms with Crippen molar-refractivity contribution in [2.24, 2.45) is 0 Å². The van der Waals surface area contributed by atoms with Gasteiger partial charge in [-0.1, -0.05) is 12.1 Å². The van der Waals surface area contributed by atoms with E-state index in [-0.39, 0.29) is 17.5 Å². The van der Waals surface area contributed by atoms with E-state index in [9.17, 15) is 14.9 Å². The molecule has 25 heavy (non-hydrogen) atoms. The number of rotatable bonds is 3. The number of piperidine rings is 1. The van der Waals surface area contributed by atoms with Crippen molar-refractivity contribution in [1.29, 1.82) is 0 Å². The Morgan fingerprint density at radius 3 is 2.80 bits per heavy atom. The number of nitrogens with zero attached hydrogens (tertiary/aromatic N) is 3. The van der Waals surface area contributed by atoms with Gasteiger partial charge in [0.05, 0.1) is 22.2 Å². The SMILES string of the molecule is O=C1CCCc2c1c(-c1cccc([N+](=O)[O-])c1)nn2C1CCNCC1. The molecule has 0 atom stereocenters. The monoisotopic (exact) mass is 340 g/mol. The summed E-state index contributed by atoms with van der Waals surface area (Å²) in [6.45, 7) is 1.89. The highest BCUT2D eigenvalue weighted by Gasteiger charge is 2.31. The van der Waals surface area contributed by atoms with Gasteiger partial charge in [-0.25, -0.2) is 0 Å². The van der Waals surface area contributed by atoms with Crippen LogP contribution in [0.15, 0.2) is 24.3 Å². The molecule has 4 rings (SSSR count). The molecule has 0 unspecified atom stereocenters. The average Bonchev–Trinajstić information content (AvgIpc) is 3.04. The van der Waals surface area contributed by atoms with Crippen molar-refractivity contribution in [2.45, 2.75) is 38.1 Å². The quantitative estimate of drug-likeness (QED) is 0.685. The lowest BCUT2D eigenvalue weighted by Crippen LogP contribution is -2.31. The summed E-state index contributed by atoms with van der Waals surface area (Å²) in [5, 5.41) is 19.2. The van der Waals surface area contributed by atoms with Gasteiger partial charge >= 0.3 is 0 Å². The summed E-state index contributed by atoms with van der Waals surface area (Å²) in [4.78, 5) is 23.3. The van der Waals surface area contributed by atoms with E-state index in [1.807, 2.05) is 4.68 Å². The number of carbonyl (C=O) groups excluding carboxylic acids is 1. The summed E-state index contributed by atoms with van der Waals surface area (Å²) < 4.78 is 2.03. The lowest BCUT2D eigenvalue weighted by Gasteiger charge is -2.25. The first kappa shape index (κ1) is 16.0. The van der Waals surface area contributed by atoms with E-state index >= 15 is 0 Å². The number of nitro benzene ring substituents is 1. The molecule has 1 aromatic carbocycles. The predicted molar refractivity (Wildman–Crippen MR) is 92.7 cm³/mol. The second-order valence-corrected chi connectivity index (χ2v) is 6.68. The lowest BCUT2D eigenvalue weighted by atomic mass is 9.92. The lowest BCUT2D eigenvalue weighted by molar-refractivity contribution is -0.384. The predicted octanol–water partition coefficient (Wildman–Crippen LogP) is 2.90. The fourth-order valence-electron chi connectivity index (χ4n) is 3.87. The molecule has 1 aliphatic carbocycles. The number of hydrogen-bond acceptors (Lipinski definition) is 5. The largest absolute Gasteiger partial charge is 0.317 e. The number of ketones is 1. The molecule has 0 radical (unpaired) electrons. The highest BCUT2D eigenvalue weighted by Crippen LogP contribution is 2.35. The number of nitrogens with one attached hydrogen (secondary N) is 1. The molecule has 0 spiro atoms. The van der Waals surface area contributed by atoms with E-state index in [0.717, 1.165) is 44.5 Å². The molecule has 0 bridgehead atoms. The fraction of sp³-hybridized carbons (Fsp3) is 0.444. The molecule has 1 fully saturated rings. The van der Waals surface area contributed by atoms with Crippen LogP contribution < -0.4 is 5.32 Å². The van der Waals surface area contributed by atoms with E-state index in [1.54, 1.807) is 12.1 Å². The Labute approximate surface area is 145 Å². The average molecular weight is 340 g/mol. The number of hydrogen-bond donors (Lipinski definition) is 1. The Morgan fingerprint density at radius 2 is 2.04 bits per heavy atom. The van der Waals surface area contributed by atoms with Crippen LogP contribution in [0.3, 0.4) is 0 Å². The van der Waals surface area contributed by atoms with Crippen LogP contribution in [0.5, 0.6) is 0 Å². The number of nitro groups is 1. The van der Waals surface area contributed by atoms with Crippen LogP contribution in [-0.4, -0.2) is 33.6 Å². The summed E-state index contributed by atoms with van der Waals surface area (Å²) in [5.74, 6) is 0.0999. The van der Waals surface area contributed by atoms with Crippen LogP contribution in [0.2, 0.25) is 0 Å². The van der Waals surface area contributed by atoms with Crippen molar-refractivity contribution < 1.29 is 9.72 Å². The van der Waals surface area contributed by atoms with Gasteiger partial charge in [0.2, 0.25) is 0 Å². The van der Waals surface area contributed by atoms with Gasteiger partial charge in [-0.3, -0.25) is 19.6 Å². The van der Waals surface area contributed by atoms with Crippen LogP contribution >= 0.6 is 0 Å². The number of benzene rings is 1. The molecule has 1 saturated heterocycles. The zero-order valence-electron chi connectivity index (χ0n) is 13.9. The highest BCUT2D eigenvalue weighted by molar-refractivity contribution is 6.03. The molecular weight excluding hydrogens is 320 g/mol. The van der Waals surface area contributed by atoms with Gasteiger partial charge in [-0.15, -0.1) is 0 Å². The van der Waals surface area contributed by atoms with Crippen LogP contribution in [-0.2, 0) is 6.42 Å².